The van der Waals surface area contributed by atoms with Gasteiger partial charge >= 0.3 is 5.97 Å². The number of ether oxygens (including phenoxy) is 1. The van der Waals surface area contributed by atoms with E-state index in [0.29, 0.717) is 0 Å². The molecule has 3 aromatic rings. The second-order valence-corrected chi connectivity index (χ2v) is 8.58. The second kappa shape index (κ2) is 13.0. The molecule has 1 atom stereocenters. The van der Waals surface area contributed by atoms with Gasteiger partial charge in [-0.1, -0.05) is 59.6 Å². The van der Waals surface area contributed by atoms with Crippen LogP contribution >= 0.6 is 23.2 Å². The topological polar surface area (TPSA) is 80.3 Å². The number of anilines is 1. The van der Waals surface area contributed by atoms with Gasteiger partial charge < -0.3 is 15.4 Å². The minimum Gasteiger partial charge on any atom is -0.467 e. The van der Waals surface area contributed by atoms with Gasteiger partial charge in [0.1, 0.15) is 11.9 Å². The number of carbonyl (C=O) groups is 2. The smallest absolute Gasteiger partial charge is 0.328 e. The first-order chi connectivity index (χ1) is 16.5. The minimum absolute atomic E-state index is 0.132. The second-order valence-electron chi connectivity index (χ2n) is 7.77. The summed E-state index contributed by atoms with van der Waals surface area (Å²) in [4.78, 5) is 29.3. The van der Waals surface area contributed by atoms with Gasteiger partial charge in [-0.3, -0.25) is 4.79 Å². The van der Waals surface area contributed by atoms with Crippen molar-refractivity contribution < 1.29 is 14.3 Å². The summed E-state index contributed by atoms with van der Waals surface area (Å²) in [6.45, 7) is 0.866. The average molecular weight is 500 g/mol. The number of hydrogen-bond donors (Lipinski definition) is 2. The molecule has 0 fully saturated rings. The van der Waals surface area contributed by atoms with Crippen LogP contribution < -0.4 is 10.6 Å². The monoisotopic (exact) mass is 499 g/mol. The number of aromatic nitrogens is 1. The number of rotatable bonds is 11. The minimum atomic E-state index is -0.867. The van der Waals surface area contributed by atoms with Crippen LogP contribution in [0.2, 0.25) is 10.0 Å². The van der Waals surface area contributed by atoms with Gasteiger partial charge in [-0.05, 0) is 54.7 Å². The largest absolute Gasteiger partial charge is 0.467 e. The molecule has 0 aliphatic carbocycles. The molecule has 0 saturated heterocycles. The molecule has 0 aliphatic heterocycles. The summed E-state index contributed by atoms with van der Waals surface area (Å²) in [5.74, 6) is -0.182. The summed E-state index contributed by atoms with van der Waals surface area (Å²) in [6, 6.07) is 17.7. The van der Waals surface area contributed by atoms with Crippen LogP contribution in [-0.2, 0) is 22.4 Å². The Morgan fingerprint density at radius 1 is 0.941 bits per heavy atom. The van der Waals surface area contributed by atoms with E-state index in [1.54, 1.807) is 24.4 Å². The number of halogens is 2. The van der Waals surface area contributed by atoms with Crippen LogP contribution in [0.4, 0.5) is 5.82 Å². The summed E-state index contributed by atoms with van der Waals surface area (Å²) < 4.78 is 4.88. The highest BCUT2D eigenvalue weighted by molar-refractivity contribution is 6.39. The maximum absolute atomic E-state index is 12.7. The molecule has 3 rings (SSSR count). The molecule has 2 aromatic carbocycles. The highest BCUT2D eigenvalue weighted by atomic mass is 35.5. The number of nitrogens with one attached hydrogen (secondary N) is 2. The number of nitrogens with zero attached hydrogens (tertiary/aromatic N) is 1. The van der Waals surface area contributed by atoms with E-state index in [-0.39, 0.29) is 22.0 Å². The molecule has 2 N–H and O–H groups in total. The number of esters is 1. The van der Waals surface area contributed by atoms with Crippen molar-refractivity contribution in [1.29, 1.82) is 0 Å². The summed E-state index contributed by atoms with van der Waals surface area (Å²) in [5, 5.41) is 6.43. The van der Waals surface area contributed by atoms with Crippen molar-refractivity contribution in [1.82, 2.24) is 10.3 Å². The van der Waals surface area contributed by atoms with Crippen LogP contribution in [0, 0.1) is 0 Å². The Labute approximate surface area is 209 Å². The van der Waals surface area contributed by atoms with Crippen molar-refractivity contribution in [2.45, 2.75) is 31.7 Å². The Morgan fingerprint density at radius 3 is 2.29 bits per heavy atom. The lowest BCUT2D eigenvalue weighted by atomic mass is 10.0. The molecular formula is C26H27Cl2N3O3. The first kappa shape index (κ1) is 25.5. The summed E-state index contributed by atoms with van der Waals surface area (Å²) in [7, 11) is 1.29. The molecule has 0 saturated carbocycles. The number of aryl methyl sites for hydroxylation is 1. The maximum atomic E-state index is 12.7. The van der Waals surface area contributed by atoms with Crippen molar-refractivity contribution in [3.05, 3.63) is 93.6 Å². The summed E-state index contributed by atoms with van der Waals surface area (Å²) in [5.41, 5.74) is 2.25. The normalized spacial score (nSPS) is 11.5. The predicted octanol–water partition coefficient (Wildman–Crippen LogP) is 5.34. The molecule has 0 spiro atoms. The molecule has 6 nitrogen and oxygen atoms in total. The van der Waals surface area contributed by atoms with Crippen molar-refractivity contribution in [3.63, 3.8) is 0 Å². The zero-order valence-corrected chi connectivity index (χ0v) is 20.4. The molecule has 0 radical (unpaired) electrons. The summed E-state index contributed by atoms with van der Waals surface area (Å²) >= 11 is 12.2. The molecule has 1 heterocycles. The molecule has 1 aromatic heterocycles. The van der Waals surface area contributed by atoms with Crippen LogP contribution in [0.3, 0.4) is 0 Å². The number of methoxy groups -OCH3 is 1. The molecule has 34 heavy (non-hydrogen) atoms. The number of unbranched alkanes of at least 4 members (excludes halogenated alkanes) is 1. The fraction of sp³-hybridized carbons (Fsp3) is 0.269. The van der Waals surface area contributed by atoms with Crippen LogP contribution in [-0.4, -0.2) is 36.6 Å². The van der Waals surface area contributed by atoms with Gasteiger partial charge in [-0.15, -0.1) is 0 Å². The van der Waals surface area contributed by atoms with E-state index < -0.39 is 17.9 Å². The predicted molar refractivity (Wildman–Crippen MR) is 136 cm³/mol. The van der Waals surface area contributed by atoms with Gasteiger partial charge in [0.15, 0.2) is 0 Å². The Bertz CT molecular complexity index is 1070. The quantitative estimate of drug-likeness (QED) is 0.275. The lowest BCUT2D eigenvalue weighted by Gasteiger charge is -2.18. The van der Waals surface area contributed by atoms with Crippen molar-refractivity contribution >= 4 is 40.9 Å². The Hall–Kier alpha value is -3.09. The first-order valence-electron chi connectivity index (χ1n) is 11.0. The molecule has 0 bridgehead atoms. The average Bonchev–Trinajstić information content (AvgIpc) is 2.84. The zero-order chi connectivity index (χ0) is 24.3. The Kier molecular flexibility index (Phi) is 9.74. The lowest BCUT2D eigenvalue weighted by Crippen LogP contribution is -2.43. The van der Waals surface area contributed by atoms with E-state index in [0.717, 1.165) is 37.2 Å². The Morgan fingerprint density at radius 2 is 1.65 bits per heavy atom. The van der Waals surface area contributed by atoms with E-state index in [1.165, 1.54) is 12.7 Å². The van der Waals surface area contributed by atoms with Crippen LogP contribution in [0.1, 0.15) is 34.3 Å². The molecular weight excluding hydrogens is 473 g/mol. The third kappa shape index (κ3) is 7.47. The molecule has 1 amide bonds. The van der Waals surface area contributed by atoms with E-state index in [1.807, 2.05) is 42.5 Å². The third-order valence-electron chi connectivity index (χ3n) is 5.31. The standard InChI is InChI=1S/C26H27Cl2N3O3/c1-34-26(33)22(31-25(32)24-20(27)8-6-9-21(24)28)17-19-13-11-18(12-14-19)7-2-4-15-29-23-10-3-5-16-30-23/h3,5-6,8-14,16,22H,2,4,7,15,17H2,1H3,(H,29,30)(H,31,32). The molecule has 178 valence electrons. The third-order valence-corrected chi connectivity index (χ3v) is 5.94. The first-order valence-corrected chi connectivity index (χ1v) is 11.8. The van der Waals surface area contributed by atoms with Crippen LogP contribution in [0.15, 0.2) is 66.9 Å². The van der Waals surface area contributed by atoms with Crippen LogP contribution in [0.5, 0.6) is 0 Å². The SMILES string of the molecule is COC(=O)C(Cc1ccc(CCCCNc2ccccn2)cc1)NC(=O)c1c(Cl)cccc1Cl. The van der Waals surface area contributed by atoms with Gasteiger partial charge in [0.05, 0.1) is 22.7 Å². The highest BCUT2D eigenvalue weighted by Crippen LogP contribution is 2.24. The van der Waals surface area contributed by atoms with Gasteiger partial charge in [0.2, 0.25) is 0 Å². The number of hydrogen-bond acceptors (Lipinski definition) is 5. The zero-order valence-electron chi connectivity index (χ0n) is 18.9. The van der Waals surface area contributed by atoms with Crippen molar-refractivity contribution in [3.8, 4) is 0 Å². The van der Waals surface area contributed by atoms with Gasteiger partial charge in [0, 0.05) is 19.2 Å². The fourth-order valence-corrected chi connectivity index (χ4v) is 4.07. The van der Waals surface area contributed by atoms with Gasteiger partial charge in [-0.25, -0.2) is 9.78 Å². The van der Waals surface area contributed by atoms with Crippen molar-refractivity contribution in [2.75, 3.05) is 19.0 Å². The van der Waals surface area contributed by atoms with Gasteiger partial charge in [0.25, 0.3) is 5.91 Å². The lowest BCUT2D eigenvalue weighted by molar-refractivity contribution is -0.142. The molecule has 1 unspecified atom stereocenters. The number of amides is 1. The van der Waals surface area contributed by atoms with Crippen LogP contribution in [0.25, 0.3) is 0 Å². The molecule has 0 aliphatic rings. The van der Waals surface area contributed by atoms with Crippen molar-refractivity contribution in [2.24, 2.45) is 0 Å². The fourth-order valence-electron chi connectivity index (χ4n) is 3.50. The highest BCUT2D eigenvalue weighted by Gasteiger charge is 2.24. The number of carbonyl (C=O) groups excluding carboxylic acids is 2. The number of pyridine rings is 1. The molecule has 8 heteroatoms. The van der Waals surface area contributed by atoms with E-state index in [4.69, 9.17) is 27.9 Å². The Balaban J connectivity index is 1.52. The summed E-state index contributed by atoms with van der Waals surface area (Å²) in [6.07, 6.45) is 5.07. The van der Waals surface area contributed by atoms with E-state index >= 15 is 0 Å². The number of benzene rings is 2. The maximum Gasteiger partial charge on any atom is 0.328 e. The van der Waals surface area contributed by atoms with Gasteiger partial charge in [-0.2, -0.15) is 0 Å². The van der Waals surface area contributed by atoms with E-state index in [9.17, 15) is 9.59 Å². The van der Waals surface area contributed by atoms with E-state index in [2.05, 4.69) is 15.6 Å².